The monoisotopic (exact) mass is 450 g/mol. The number of amides is 2. The Labute approximate surface area is 193 Å². The van der Waals surface area contributed by atoms with Gasteiger partial charge in [0.2, 0.25) is 5.91 Å². The Morgan fingerprint density at radius 3 is 2.73 bits per heavy atom. The number of hydrogen-bond acceptors (Lipinski definition) is 5. The minimum Gasteiger partial charge on any atom is -0.483 e. The number of carbonyl (C=O) groups is 3. The molecule has 1 heterocycles. The predicted molar refractivity (Wildman–Crippen MR) is 127 cm³/mol. The molecule has 0 unspecified atom stereocenters. The highest BCUT2D eigenvalue weighted by Gasteiger charge is 2.17. The molecule has 8 nitrogen and oxygen atoms in total. The Balaban J connectivity index is 1.66. The van der Waals surface area contributed by atoms with Crippen molar-refractivity contribution in [3.05, 3.63) is 48.2 Å². The van der Waals surface area contributed by atoms with Crippen molar-refractivity contribution >= 4 is 29.0 Å². The fraction of sp³-hybridized carbons (Fsp3) is 0.360. The van der Waals surface area contributed by atoms with Crippen molar-refractivity contribution in [3.8, 4) is 16.9 Å². The van der Waals surface area contributed by atoms with Crippen molar-refractivity contribution in [2.45, 2.75) is 39.2 Å². The number of ether oxygens (including phenoxy) is 1. The van der Waals surface area contributed by atoms with E-state index in [1.165, 1.54) is 0 Å². The molecule has 0 aliphatic heterocycles. The molecular formula is C25H30N4O4. The Morgan fingerprint density at radius 2 is 2.00 bits per heavy atom. The van der Waals surface area contributed by atoms with Gasteiger partial charge in [0.1, 0.15) is 5.75 Å². The van der Waals surface area contributed by atoms with E-state index in [4.69, 9.17) is 4.74 Å². The molecule has 8 heteroatoms. The molecule has 0 saturated heterocycles. The Bertz CT molecular complexity index is 1120. The first kappa shape index (κ1) is 24.0. The van der Waals surface area contributed by atoms with Crippen molar-refractivity contribution in [1.29, 1.82) is 0 Å². The van der Waals surface area contributed by atoms with Crippen molar-refractivity contribution in [3.63, 3.8) is 0 Å². The molecule has 2 amide bonds. The van der Waals surface area contributed by atoms with Crippen LogP contribution < -0.4 is 15.4 Å². The van der Waals surface area contributed by atoms with Crippen LogP contribution in [0.4, 0.5) is 0 Å². The summed E-state index contributed by atoms with van der Waals surface area (Å²) in [4.78, 5) is 35.8. The largest absolute Gasteiger partial charge is 0.483 e. The summed E-state index contributed by atoms with van der Waals surface area (Å²) in [5.74, 6) is 0.363. The predicted octanol–water partition coefficient (Wildman–Crippen LogP) is 3.48. The fourth-order valence-electron chi connectivity index (χ4n) is 3.82. The summed E-state index contributed by atoms with van der Waals surface area (Å²) < 4.78 is 5.66. The number of H-pyrrole nitrogens is 1. The van der Waals surface area contributed by atoms with E-state index in [0.29, 0.717) is 30.1 Å². The van der Waals surface area contributed by atoms with Gasteiger partial charge in [0, 0.05) is 24.9 Å². The molecule has 0 bridgehead atoms. The molecule has 1 aromatic heterocycles. The molecule has 3 aromatic rings. The van der Waals surface area contributed by atoms with Gasteiger partial charge in [-0.15, -0.1) is 0 Å². The van der Waals surface area contributed by atoms with E-state index in [1.807, 2.05) is 24.3 Å². The van der Waals surface area contributed by atoms with Crippen LogP contribution >= 0.6 is 0 Å². The van der Waals surface area contributed by atoms with Gasteiger partial charge >= 0.3 is 0 Å². The van der Waals surface area contributed by atoms with Gasteiger partial charge in [0.15, 0.2) is 12.9 Å². The summed E-state index contributed by atoms with van der Waals surface area (Å²) in [6, 6.07) is 11.0. The van der Waals surface area contributed by atoms with Crippen molar-refractivity contribution in [2.75, 3.05) is 13.7 Å². The lowest BCUT2D eigenvalue weighted by Crippen LogP contribution is -2.39. The van der Waals surface area contributed by atoms with Gasteiger partial charge in [0.05, 0.1) is 17.3 Å². The van der Waals surface area contributed by atoms with Gasteiger partial charge in [0.25, 0.3) is 5.91 Å². The van der Waals surface area contributed by atoms with Gasteiger partial charge in [-0.05, 0) is 48.1 Å². The number of benzene rings is 2. The maximum atomic E-state index is 12.5. The average molecular weight is 451 g/mol. The third-order valence-corrected chi connectivity index (χ3v) is 5.41. The van der Waals surface area contributed by atoms with Crippen LogP contribution in [0.2, 0.25) is 0 Å². The van der Waals surface area contributed by atoms with Gasteiger partial charge < -0.3 is 15.4 Å². The topological polar surface area (TPSA) is 113 Å². The second-order valence-corrected chi connectivity index (χ2v) is 8.40. The molecule has 2 aromatic carbocycles. The summed E-state index contributed by atoms with van der Waals surface area (Å²) in [7, 11) is 1.59. The number of aromatic amines is 1. The molecule has 0 fully saturated rings. The van der Waals surface area contributed by atoms with Crippen LogP contribution in [-0.2, 0) is 9.59 Å². The minimum absolute atomic E-state index is 0.0592. The van der Waals surface area contributed by atoms with E-state index in [9.17, 15) is 14.4 Å². The van der Waals surface area contributed by atoms with E-state index in [2.05, 4.69) is 34.7 Å². The Morgan fingerprint density at radius 1 is 1.18 bits per heavy atom. The first-order chi connectivity index (χ1) is 15.9. The lowest BCUT2D eigenvalue weighted by molar-refractivity contribution is -0.125. The fourth-order valence-corrected chi connectivity index (χ4v) is 3.82. The highest BCUT2D eigenvalue weighted by Crippen LogP contribution is 2.30. The quantitative estimate of drug-likeness (QED) is 0.387. The molecule has 0 aliphatic rings. The van der Waals surface area contributed by atoms with E-state index in [0.717, 1.165) is 34.7 Å². The summed E-state index contributed by atoms with van der Waals surface area (Å²) >= 11 is 0. The van der Waals surface area contributed by atoms with Gasteiger partial charge in [-0.2, -0.15) is 5.10 Å². The van der Waals surface area contributed by atoms with Crippen molar-refractivity contribution in [2.24, 2.45) is 5.92 Å². The SMILES string of the molecule is CNC(=O)CC[C@H](CC(C)C)NC(=O)COc1ccc(-c2cccc3[nH]ncc23)cc1C=O. The number of fused-ring (bicyclic) bond motifs is 1. The number of aldehydes is 1. The Hall–Kier alpha value is -3.68. The molecule has 3 rings (SSSR count). The van der Waals surface area contributed by atoms with Crippen LogP contribution in [0.5, 0.6) is 5.75 Å². The number of rotatable bonds is 11. The van der Waals surface area contributed by atoms with Crippen LogP contribution in [0.15, 0.2) is 42.6 Å². The van der Waals surface area contributed by atoms with Gasteiger partial charge in [-0.3, -0.25) is 19.5 Å². The molecular weight excluding hydrogens is 420 g/mol. The summed E-state index contributed by atoms with van der Waals surface area (Å²) in [6.45, 7) is 3.92. The van der Waals surface area contributed by atoms with Crippen LogP contribution in [0.25, 0.3) is 22.0 Å². The average Bonchev–Trinajstić information content (AvgIpc) is 3.29. The summed E-state index contributed by atoms with van der Waals surface area (Å²) in [6.07, 6.45) is 4.12. The van der Waals surface area contributed by atoms with Gasteiger partial charge in [-0.25, -0.2) is 0 Å². The summed E-state index contributed by atoms with van der Waals surface area (Å²) in [5, 5.41) is 13.5. The first-order valence-corrected chi connectivity index (χ1v) is 11.1. The first-order valence-electron chi connectivity index (χ1n) is 11.1. The standard InChI is InChI=1S/C25H30N4O4/c1-16(2)11-19(8-10-24(31)26-3)28-25(32)15-33-23-9-7-17(12-18(23)14-30)20-5-4-6-22-21(20)13-27-29-22/h4-7,9,12-14,16,19H,8,10-11,15H2,1-3H3,(H,26,31)(H,27,29)(H,28,32)/t19-/m1/s1. The Kier molecular flexibility index (Phi) is 8.18. The third-order valence-electron chi connectivity index (χ3n) is 5.41. The zero-order chi connectivity index (χ0) is 23.8. The molecule has 0 spiro atoms. The van der Waals surface area contributed by atoms with Crippen molar-refractivity contribution < 1.29 is 19.1 Å². The minimum atomic E-state index is -0.290. The zero-order valence-corrected chi connectivity index (χ0v) is 19.2. The highest BCUT2D eigenvalue weighted by molar-refractivity contribution is 5.95. The number of nitrogens with zero attached hydrogens (tertiary/aromatic N) is 1. The molecule has 0 saturated carbocycles. The maximum absolute atomic E-state index is 12.5. The second kappa shape index (κ2) is 11.3. The normalized spacial score (nSPS) is 11.9. The van der Waals surface area contributed by atoms with E-state index < -0.39 is 0 Å². The molecule has 174 valence electrons. The number of hydrogen-bond donors (Lipinski definition) is 3. The smallest absolute Gasteiger partial charge is 0.258 e. The molecule has 1 atom stereocenters. The van der Waals surface area contributed by atoms with Crippen molar-refractivity contribution in [1.82, 2.24) is 20.8 Å². The number of carbonyl (C=O) groups excluding carboxylic acids is 3. The van der Waals surface area contributed by atoms with Gasteiger partial charge in [-0.1, -0.05) is 32.0 Å². The van der Waals surface area contributed by atoms with Crippen LogP contribution in [0.3, 0.4) is 0 Å². The van der Waals surface area contributed by atoms with E-state index in [-0.39, 0.29) is 24.5 Å². The zero-order valence-electron chi connectivity index (χ0n) is 19.2. The summed E-state index contributed by atoms with van der Waals surface area (Å²) in [5.41, 5.74) is 3.07. The van der Waals surface area contributed by atoms with Crippen LogP contribution in [0, 0.1) is 5.92 Å². The van der Waals surface area contributed by atoms with Crippen LogP contribution in [-0.4, -0.2) is 48.0 Å². The maximum Gasteiger partial charge on any atom is 0.258 e. The number of nitrogens with one attached hydrogen (secondary N) is 3. The molecule has 3 N–H and O–H groups in total. The molecule has 0 radical (unpaired) electrons. The molecule has 33 heavy (non-hydrogen) atoms. The lowest BCUT2D eigenvalue weighted by Gasteiger charge is -2.20. The molecule has 0 aliphatic carbocycles. The highest BCUT2D eigenvalue weighted by atomic mass is 16.5. The second-order valence-electron chi connectivity index (χ2n) is 8.40. The number of aromatic nitrogens is 2. The van der Waals surface area contributed by atoms with E-state index in [1.54, 1.807) is 25.4 Å². The van der Waals surface area contributed by atoms with Crippen LogP contribution in [0.1, 0.15) is 43.5 Å². The van der Waals surface area contributed by atoms with E-state index >= 15 is 0 Å². The lowest BCUT2D eigenvalue weighted by atomic mass is 9.99. The third kappa shape index (κ3) is 6.41.